The number of alkyl halides is 3. The zero-order valence-electron chi connectivity index (χ0n) is 7.47. The summed E-state index contributed by atoms with van der Waals surface area (Å²) in [6.07, 6.45) is 1.35. The van der Waals surface area contributed by atoms with Crippen LogP contribution in [0, 0.1) is 0 Å². The van der Waals surface area contributed by atoms with Crippen molar-refractivity contribution >= 4 is 34.8 Å². The standard InChI is InChI=1S/C10H10Cl3O/c11-10(12,13)9-5-1-3-8(7-9)4-2-6-14/h1,3,5,7H,2,4,6H2. The number of halogens is 3. The Morgan fingerprint density at radius 3 is 2.50 bits per heavy atom. The van der Waals surface area contributed by atoms with E-state index in [4.69, 9.17) is 34.8 Å². The SMILES string of the molecule is [O]CCCc1cccc(C(Cl)(Cl)Cl)c1. The minimum atomic E-state index is -1.38. The Hall–Kier alpha value is 0.0500. The predicted molar refractivity (Wildman–Crippen MR) is 59.6 cm³/mol. The first kappa shape index (κ1) is 12.1. The zero-order valence-corrected chi connectivity index (χ0v) is 9.74. The zero-order chi connectivity index (χ0) is 10.6. The van der Waals surface area contributed by atoms with Crippen molar-refractivity contribution in [3.05, 3.63) is 35.4 Å². The molecular weight excluding hydrogens is 242 g/mol. The Kier molecular flexibility index (Phi) is 4.52. The van der Waals surface area contributed by atoms with Crippen LogP contribution in [0.3, 0.4) is 0 Å². The van der Waals surface area contributed by atoms with Gasteiger partial charge in [0.1, 0.15) is 0 Å². The summed E-state index contributed by atoms with van der Waals surface area (Å²) in [5, 5.41) is 10.3. The van der Waals surface area contributed by atoms with Gasteiger partial charge in [-0.05, 0) is 18.4 Å². The summed E-state index contributed by atoms with van der Waals surface area (Å²) in [7, 11) is 0. The van der Waals surface area contributed by atoms with E-state index in [1.807, 2.05) is 18.2 Å². The highest BCUT2D eigenvalue weighted by molar-refractivity contribution is 6.66. The Morgan fingerprint density at radius 1 is 1.21 bits per heavy atom. The van der Waals surface area contributed by atoms with Crippen LogP contribution in [-0.2, 0) is 15.3 Å². The lowest BCUT2D eigenvalue weighted by atomic mass is 10.1. The molecule has 0 aromatic heterocycles. The normalized spacial score (nSPS) is 11.7. The van der Waals surface area contributed by atoms with E-state index < -0.39 is 3.79 Å². The summed E-state index contributed by atoms with van der Waals surface area (Å²) in [6.45, 7) is -0.0714. The van der Waals surface area contributed by atoms with Crippen LogP contribution in [0.5, 0.6) is 0 Å². The van der Waals surface area contributed by atoms with Gasteiger partial charge in [0.15, 0.2) is 0 Å². The highest BCUT2D eigenvalue weighted by atomic mass is 35.6. The van der Waals surface area contributed by atoms with Gasteiger partial charge in [0.25, 0.3) is 0 Å². The number of rotatable bonds is 3. The van der Waals surface area contributed by atoms with E-state index in [2.05, 4.69) is 0 Å². The van der Waals surface area contributed by atoms with E-state index in [0.717, 1.165) is 12.0 Å². The average Bonchev–Trinajstić information content (AvgIpc) is 2.14. The molecular formula is C10H10Cl3O. The average molecular weight is 253 g/mol. The van der Waals surface area contributed by atoms with Crippen LogP contribution < -0.4 is 0 Å². The van der Waals surface area contributed by atoms with Crippen LogP contribution in [0.2, 0.25) is 0 Å². The molecule has 4 heteroatoms. The molecule has 0 aliphatic heterocycles. The molecule has 0 saturated carbocycles. The van der Waals surface area contributed by atoms with Gasteiger partial charge in [-0.3, -0.25) is 0 Å². The second-order valence-corrected chi connectivity index (χ2v) is 5.29. The summed E-state index contributed by atoms with van der Waals surface area (Å²) in [5.74, 6) is 0. The van der Waals surface area contributed by atoms with Crippen LogP contribution in [0.25, 0.3) is 0 Å². The molecule has 1 nitrogen and oxygen atoms in total. The van der Waals surface area contributed by atoms with Crippen LogP contribution in [-0.4, -0.2) is 6.61 Å². The van der Waals surface area contributed by atoms with Gasteiger partial charge in [0.2, 0.25) is 3.79 Å². The van der Waals surface area contributed by atoms with Crippen molar-refractivity contribution in [2.45, 2.75) is 16.6 Å². The van der Waals surface area contributed by atoms with Crippen molar-refractivity contribution in [3.63, 3.8) is 0 Å². The number of hydrogen-bond acceptors (Lipinski definition) is 0. The van der Waals surface area contributed by atoms with Crippen molar-refractivity contribution in [2.75, 3.05) is 6.61 Å². The molecule has 1 radical (unpaired) electrons. The van der Waals surface area contributed by atoms with E-state index in [1.165, 1.54) is 0 Å². The van der Waals surface area contributed by atoms with Crippen LogP contribution in [0.4, 0.5) is 0 Å². The molecule has 0 bridgehead atoms. The summed E-state index contributed by atoms with van der Waals surface area (Å²) >= 11 is 17.2. The molecule has 0 heterocycles. The lowest BCUT2D eigenvalue weighted by Gasteiger charge is -2.12. The Bertz CT molecular complexity index is 294. The van der Waals surface area contributed by atoms with Gasteiger partial charge in [0.05, 0.1) is 6.61 Å². The second kappa shape index (κ2) is 5.22. The number of benzene rings is 1. The number of hydrogen-bond donors (Lipinski definition) is 0. The van der Waals surface area contributed by atoms with Crippen molar-refractivity contribution in [1.29, 1.82) is 0 Å². The third-order valence-corrected chi connectivity index (χ3v) is 2.52. The maximum atomic E-state index is 10.3. The molecule has 0 aliphatic rings. The van der Waals surface area contributed by atoms with Crippen LogP contribution in [0.1, 0.15) is 17.5 Å². The van der Waals surface area contributed by atoms with Gasteiger partial charge in [-0.25, -0.2) is 5.11 Å². The topological polar surface area (TPSA) is 19.9 Å². The smallest absolute Gasteiger partial charge is 0.216 e. The second-order valence-electron chi connectivity index (χ2n) is 3.01. The minimum Gasteiger partial charge on any atom is -0.237 e. The summed E-state index contributed by atoms with van der Waals surface area (Å²) in [4.78, 5) is 0. The van der Waals surface area contributed by atoms with Crippen LogP contribution >= 0.6 is 34.8 Å². The molecule has 1 rings (SSSR count). The monoisotopic (exact) mass is 251 g/mol. The van der Waals surface area contributed by atoms with Crippen molar-refractivity contribution in [2.24, 2.45) is 0 Å². The van der Waals surface area contributed by atoms with Gasteiger partial charge in [-0.15, -0.1) is 0 Å². The molecule has 0 atom stereocenters. The molecule has 0 unspecified atom stereocenters. The molecule has 1 aromatic rings. The van der Waals surface area contributed by atoms with Gasteiger partial charge in [0, 0.05) is 5.56 Å². The molecule has 0 spiro atoms. The van der Waals surface area contributed by atoms with Crippen molar-refractivity contribution in [3.8, 4) is 0 Å². The first-order chi connectivity index (χ1) is 6.54. The summed E-state index contributed by atoms with van der Waals surface area (Å²) in [6, 6.07) is 7.34. The van der Waals surface area contributed by atoms with Gasteiger partial charge in [-0.2, -0.15) is 0 Å². The Morgan fingerprint density at radius 2 is 1.93 bits per heavy atom. The largest absolute Gasteiger partial charge is 0.237 e. The van der Waals surface area contributed by atoms with Crippen LogP contribution in [0.15, 0.2) is 24.3 Å². The number of aryl methyl sites for hydroxylation is 1. The molecule has 1 aromatic carbocycles. The predicted octanol–water partition coefficient (Wildman–Crippen LogP) is 3.88. The van der Waals surface area contributed by atoms with Gasteiger partial charge in [-0.1, -0.05) is 59.1 Å². The fraction of sp³-hybridized carbons (Fsp3) is 0.400. The lowest BCUT2D eigenvalue weighted by molar-refractivity contribution is 0.189. The molecule has 0 amide bonds. The molecule has 0 saturated heterocycles. The van der Waals surface area contributed by atoms with E-state index in [9.17, 15) is 5.11 Å². The third-order valence-electron chi connectivity index (χ3n) is 1.86. The van der Waals surface area contributed by atoms with Crippen molar-refractivity contribution in [1.82, 2.24) is 0 Å². The highest BCUT2D eigenvalue weighted by Gasteiger charge is 2.22. The quantitative estimate of drug-likeness (QED) is 0.728. The van der Waals surface area contributed by atoms with Crippen molar-refractivity contribution < 1.29 is 5.11 Å². The van der Waals surface area contributed by atoms with Gasteiger partial charge >= 0.3 is 0 Å². The highest BCUT2D eigenvalue weighted by Crippen LogP contribution is 2.38. The molecule has 14 heavy (non-hydrogen) atoms. The van der Waals surface area contributed by atoms with E-state index in [0.29, 0.717) is 12.0 Å². The van der Waals surface area contributed by atoms with Gasteiger partial charge < -0.3 is 0 Å². The third kappa shape index (κ3) is 3.66. The van der Waals surface area contributed by atoms with E-state index >= 15 is 0 Å². The Labute approximate surface area is 98.6 Å². The maximum absolute atomic E-state index is 10.3. The minimum absolute atomic E-state index is 0.0714. The first-order valence-electron chi connectivity index (χ1n) is 4.28. The van der Waals surface area contributed by atoms with E-state index in [1.54, 1.807) is 6.07 Å². The molecule has 0 fully saturated rings. The molecule has 0 N–H and O–H groups in total. The molecule has 0 aliphatic carbocycles. The summed E-state index contributed by atoms with van der Waals surface area (Å²) < 4.78 is -1.38. The molecule has 77 valence electrons. The fourth-order valence-electron chi connectivity index (χ4n) is 1.18. The summed E-state index contributed by atoms with van der Waals surface area (Å²) in [5.41, 5.74) is 1.68. The lowest BCUT2D eigenvalue weighted by Crippen LogP contribution is -2.01. The Balaban J connectivity index is 2.79. The maximum Gasteiger partial charge on any atom is 0.216 e. The van der Waals surface area contributed by atoms with E-state index in [-0.39, 0.29) is 6.61 Å². The first-order valence-corrected chi connectivity index (χ1v) is 5.41. The fourth-order valence-corrected chi connectivity index (χ4v) is 1.53.